The van der Waals surface area contributed by atoms with Gasteiger partial charge in [0.1, 0.15) is 0 Å². The average Bonchev–Trinajstić information content (AvgIpc) is 2.44. The van der Waals surface area contributed by atoms with Crippen LogP contribution in [0.3, 0.4) is 0 Å². The molecule has 2 aromatic rings. The lowest BCUT2D eigenvalue weighted by Gasteiger charge is -2.19. The second kappa shape index (κ2) is 6.44. The van der Waals surface area contributed by atoms with E-state index in [1.807, 2.05) is 57.3 Å². The van der Waals surface area contributed by atoms with Gasteiger partial charge in [-0.05, 0) is 55.2 Å². The number of nitrogens with two attached hydrogens (primary N) is 1. The van der Waals surface area contributed by atoms with Crippen molar-refractivity contribution < 1.29 is 4.79 Å². The number of rotatable bonds is 4. The first-order chi connectivity index (χ1) is 9.97. The summed E-state index contributed by atoms with van der Waals surface area (Å²) in [6.45, 7) is 4.08. The van der Waals surface area contributed by atoms with Crippen LogP contribution in [-0.4, -0.2) is 13.0 Å². The van der Waals surface area contributed by atoms with Gasteiger partial charge in [-0.3, -0.25) is 4.79 Å². The van der Waals surface area contributed by atoms with Crippen molar-refractivity contribution in [1.82, 2.24) is 0 Å². The van der Waals surface area contributed by atoms with E-state index in [0.29, 0.717) is 12.8 Å². The van der Waals surface area contributed by atoms with E-state index in [9.17, 15) is 4.79 Å². The van der Waals surface area contributed by atoms with E-state index in [-0.39, 0.29) is 5.91 Å². The lowest BCUT2D eigenvalue weighted by atomic mass is 10.1. The van der Waals surface area contributed by atoms with Crippen molar-refractivity contribution in [3.63, 3.8) is 0 Å². The Morgan fingerprint density at radius 1 is 1.10 bits per heavy atom. The predicted octanol–water partition coefficient (Wildman–Crippen LogP) is 3.48. The van der Waals surface area contributed by atoms with E-state index >= 15 is 0 Å². The normalized spacial score (nSPS) is 10.4. The van der Waals surface area contributed by atoms with E-state index in [1.54, 1.807) is 4.90 Å². The maximum Gasteiger partial charge on any atom is 0.227 e. The smallest absolute Gasteiger partial charge is 0.227 e. The fraction of sp³-hybridized carbons (Fsp3) is 0.278. The van der Waals surface area contributed by atoms with Crippen molar-refractivity contribution in [1.29, 1.82) is 0 Å². The Morgan fingerprint density at radius 3 is 2.33 bits per heavy atom. The largest absolute Gasteiger partial charge is 0.399 e. The number of benzene rings is 2. The molecule has 0 fully saturated rings. The number of nitrogen functional groups attached to an aromatic ring is 1. The average molecular weight is 282 g/mol. The monoisotopic (exact) mass is 282 g/mol. The second-order valence-electron chi connectivity index (χ2n) is 5.50. The van der Waals surface area contributed by atoms with Gasteiger partial charge in [0.25, 0.3) is 0 Å². The van der Waals surface area contributed by atoms with Gasteiger partial charge in [-0.15, -0.1) is 0 Å². The summed E-state index contributed by atoms with van der Waals surface area (Å²) < 4.78 is 0. The molecule has 2 aromatic carbocycles. The third-order valence-corrected chi connectivity index (χ3v) is 3.63. The van der Waals surface area contributed by atoms with Gasteiger partial charge in [0.2, 0.25) is 5.91 Å². The first-order valence-corrected chi connectivity index (χ1v) is 7.15. The third-order valence-electron chi connectivity index (χ3n) is 3.63. The number of carbonyl (C=O) groups excluding carboxylic acids is 1. The molecule has 3 heteroatoms. The van der Waals surface area contributed by atoms with Crippen LogP contribution < -0.4 is 10.6 Å². The summed E-state index contributed by atoms with van der Waals surface area (Å²) in [7, 11) is 1.82. The zero-order valence-corrected chi connectivity index (χ0v) is 12.9. The molecule has 0 radical (unpaired) electrons. The number of aryl methyl sites for hydroxylation is 3. The van der Waals surface area contributed by atoms with Crippen molar-refractivity contribution in [3.8, 4) is 0 Å². The molecular formula is C18H22N2O. The van der Waals surface area contributed by atoms with Crippen molar-refractivity contribution in [2.45, 2.75) is 26.7 Å². The van der Waals surface area contributed by atoms with Gasteiger partial charge in [0.05, 0.1) is 0 Å². The number of amides is 1. The molecule has 0 unspecified atom stereocenters. The molecule has 0 aliphatic rings. The van der Waals surface area contributed by atoms with Crippen molar-refractivity contribution in [2.24, 2.45) is 0 Å². The third kappa shape index (κ3) is 3.85. The summed E-state index contributed by atoms with van der Waals surface area (Å²) in [5.74, 6) is 0.100. The van der Waals surface area contributed by atoms with Crippen molar-refractivity contribution in [3.05, 3.63) is 59.2 Å². The topological polar surface area (TPSA) is 46.3 Å². The van der Waals surface area contributed by atoms with Crippen LogP contribution in [-0.2, 0) is 11.2 Å². The summed E-state index contributed by atoms with van der Waals surface area (Å²) in [4.78, 5) is 14.1. The molecule has 0 saturated heterocycles. The summed E-state index contributed by atoms with van der Waals surface area (Å²) in [5, 5.41) is 0. The minimum absolute atomic E-state index is 0.100. The SMILES string of the molecule is Cc1cc(C)cc(N(C)C(=O)CCc2ccccc2N)c1. The van der Waals surface area contributed by atoms with Crippen molar-refractivity contribution >= 4 is 17.3 Å². The molecule has 0 heterocycles. The summed E-state index contributed by atoms with van der Waals surface area (Å²) >= 11 is 0. The predicted molar refractivity (Wildman–Crippen MR) is 88.5 cm³/mol. The number of carbonyl (C=O) groups is 1. The highest BCUT2D eigenvalue weighted by atomic mass is 16.2. The fourth-order valence-corrected chi connectivity index (χ4v) is 2.46. The molecule has 0 aliphatic carbocycles. The van der Waals surface area contributed by atoms with Gasteiger partial charge >= 0.3 is 0 Å². The van der Waals surface area contributed by atoms with Crippen LogP contribution >= 0.6 is 0 Å². The van der Waals surface area contributed by atoms with Crippen LogP contribution in [0.5, 0.6) is 0 Å². The Hall–Kier alpha value is -2.29. The molecule has 0 aliphatic heterocycles. The van der Waals surface area contributed by atoms with Gasteiger partial charge in [-0.25, -0.2) is 0 Å². The molecule has 3 nitrogen and oxygen atoms in total. The van der Waals surface area contributed by atoms with Crippen LogP contribution in [0.15, 0.2) is 42.5 Å². The number of nitrogens with zero attached hydrogens (tertiary/aromatic N) is 1. The van der Waals surface area contributed by atoms with Gasteiger partial charge in [-0.2, -0.15) is 0 Å². The van der Waals surface area contributed by atoms with Gasteiger partial charge in [0, 0.05) is 24.8 Å². The molecule has 0 bridgehead atoms. The van der Waals surface area contributed by atoms with E-state index < -0.39 is 0 Å². The molecule has 0 saturated carbocycles. The highest BCUT2D eigenvalue weighted by Gasteiger charge is 2.12. The van der Waals surface area contributed by atoms with Gasteiger partial charge < -0.3 is 10.6 Å². The van der Waals surface area contributed by atoms with E-state index in [0.717, 1.165) is 28.1 Å². The van der Waals surface area contributed by atoms with Crippen LogP contribution in [0, 0.1) is 13.8 Å². The lowest BCUT2D eigenvalue weighted by molar-refractivity contribution is -0.118. The maximum atomic E-state index is 12.3. The summed E-state index contributed by atoms with van der Waals surface area (Å²) in [5.41, 5.74) is 11.0. The zero-order chi connectivity index (χ0) is 15.4. The Morgan fingerprint density at radius 2 is 1.71 bits per heavy atom. The Kier molecular flexibility index (Phi) is 4.63. The Bertz CT molecular complexity index is 629. The zero-order valence-electron chi connectivity index (χ0n) is 12.9. The minimum Gasteiger partial charge on any atom is -0.399 e. The van der Waals surface area contributed by atoms with E-state index in [1.165, 1.54) is 0 Å². The molecule has 0 aromatic heterocycles. The molecule has 1 amide bonds. The molecule has 110 valence electrons. The summed E-state index contributed by atoms with van der Waals surface area (Å²) in [6, 6.07) is 13.9. The molecule has 2 rings (SSSR count). The van der Waals surface area contributed by atoms with Gasteiger partial charge in [0.15, 0.2) is 0 Å². The quantitative estimate of drug-likeness (QED) is 0.873. The van der Waals surface area contributed by atoms with Crippen LogP contribution in [0.25, 0.3) is 0 Å². The Balaban J connectivity index is 2.04. The molecule has 21 heavy (non-hydrogen) atoms. The van der Waals surface area contributed by atoms with Crippen LogP contribution in [0.2, 0.25) is 0 Å². The molecule has 0 atom stereocenters. The minimum atomic E-state index is 0.100. The standard InChI is InChI=1S/C18H22N2O/c1-13-10-14(2)12-16(11-13)20(3)18(21)9-8-15-6-4-5-7-17(15)19/h4-7,10-12H,8-9,19H2,1-3H3. The van der Waals surface area contributed by atoms with Crippen molar-refractivity contribution in [2.75, 3.05) is 17.7 Å². The number of hydrogen-bond donors (Lipinski definition) is 1. The van der Waals surface area contributed by atoms with Crippen LogP contribution in [0.1, 0.15) is 23.1 Å². The van der Waals surface area contributed by atoms with E-state index in [4.69, 9.17) is 5.73 Å². The highest BCUT2D eigenvalue weighted by Crippen LogP contribution is 2.19. The highest BCUT2D eigenvalue weighted by molar-refractivity contribution is 5.93. The molecular weight excluding hydrogens is 260 g/mol. The first-order valence-electron chi connectivity index (χ1n) is 7.15. The number of para-hydroxylation sites is 1. The Labute approximate surface area is 126 Å². The van der Waals surface area contributed by atoms with Crippen LogP contribution in [0.4, 0.5) is 11.4 Å². The summed E-state index contributed by atoms with van der Waals surface area (Å²) in [6.07, 6.45) is 1.12. The lowest BCUT2D eigenvalue weighted by Crippen LogP contribution is -2.26. The fourth-order valence-electron chi connectivity index (χ4n) is 2.46. The van der Waals surface area contributed by atoms with Gasteiger partial charge in [-0.1, -0.05) is 24.3 Å². The number of hydrogen-bond acceptors (Lipinski definition) is 2. The van der Waals surface area contributed by atoms with E-state index in [2.05, 4.69) is 6.07 Å². The number of anilines is 2. The first kappa shape index (κ1) is 15.1. The second-order valence-corrected chi connectivity index (χ2v) is 5.50. The maximum absolute atomic E-state index is 12.3. The molecule has 2 N–H and O–H groups in total. The molecule has 0 spiro atoms.